The van der Waals surface area contributed by atoms with Crippen LogP contribution < -0.4 is 10.5 Å². The van der Waals surface area contributed by atoms with E-state index < -0.39 is 10.0 Å². The molecule has 2 heterocycles. The minimum Gasteiger partial charge on any atom is -0.448 e. The van der Waals surface area contributed by atoms with E-state index in [1.165, 1.54) is 13.1 Å². The number of amides is 1. The van der Waals surface area contributed by atoms with Crippen LogP contribution in [-0.2, 0) is 10.0 Å². The van der Waals surface area contributed by atoms with E-state index in [0.717, 1.165) is 12.8 Å². The molecule has 7 nitrogen and oxygen atoms in total. The molecule has 8 heteroatoms. The van der Waals surface area contributed by atoms with Crippen LogP contribution in [0.1, 0.15) is 29.0 Å². The van der Waals surface area contributed by atoms with E-state index in [-0.39, 0.29) is 22.6 Å². The maximum Gasteiger partial charge on any atom is 0.273 e. The molecule has 112 valence electrons. The van der Waals surface area contributed by atoms with Crippen molar-refractivity contribution < 1.29 is 17.6 Å². The third-order valence-corrected chi connectivity index (χ3v) is 4.84. The van der Waals surface area contributed by atoms with Gasteiger partial charge in [-0.1, -0.05) is 0 Å². The van der Waals surface area contributed by atoms with Crippen molar-refractivity contribution in [2.45, 2.75) is 30.9 Å². The van der Waals surface area contributed by atoms with Gasteiger partial charge in [0.2, 0.25) is 5.09 Å². The van der Waals surface area contributed by atoms with Gasteiger partial charge in [-0.2, -0.15) is 0 Å². The lowest BCUT2D eigenvalue weighted by molar-refractivity contribution is 0.0739. The van der Waals surface area contributed by atoms with Gasteiger partial charge in [0.1, 0.15) is 5.76 Å². The number of nitrogens with two attached hydrogens (primary N) is 1. The molecule has 1 unspecified atom stereocenters. The number of hydrogen-bond acceptors (Lipinski definition) is 5. The predicted octanol–water partition coefficient (Wildman–Crippen LogP) is 0.0594. The largest absolute Gasteiger partial charge is 0.448 e. The molecule has 0 aliphatic carbocycles. The average molecular weight is 301 g/mol. The number of carbonyl (C=O) groups excluding carboxylic acids is 1. The molecule has 1 atom stereocenters. The maximum atomic E-state index is 12.5. The fourth-order valence-electron chi connectivity index (χ4n) is 2.40. The molecule has 20 heavy (non-hydrogen) atoms. The first-order valence-electron chi connectivity index (χ1n) is 6.45. The summed E-state index contributed by atoms with van der Waals surface area (Å²) < 4.78 is 30.7. The van der Waals surface area contributed by atoms with Gasteiger partial charge in [-0.05, 0) is 26.8 Å². The molecule has 0 saturated carbocycles. The summed E-state index contributed by atoms with van der Waals surface area (Å²) in [4.78, 5) is 14.1. The molecule has 1 aromatic rings. The molecule has 1 fully saturated rings. The molecule has 1 aliphatic rings. The summed E-state index contributed by atoms with van der Waals surface area (Å²) in [6.07, 6.45) is 1.78. The van der Waals surface area contributed by atoms with E-state index in [1.807, 2.05) is 0 Å². The number of nitrogens with zero attached hydrogens (tertiary/aromatic N) is 1. The molecule has 0 radical (unpaired) electrons. The quantitative estimate of drug-likeness (QED) is 0.818. The number of carbonyl (C=O) groups is 1. The Balaban J connectivity index is 2.32. The van der Waals surface area contributed by atoms with E-state index in [9.17, 15) is 13.2 Å². The Morgan fingerprint density at radius 3 is 2.90 bits per heavy atom. The third-order valence-electron chi connectivity index (χ3n) is 3.57. The zero-order chi connectivity index (χ0) is 14.9. The molecule has 3 N–H and O–H groups in total. The van der Waals surface area contributed by atoms with Crippen LogP contribution in [0.25, 0.3) is 0 Å². The number of sulfonamides is 1. The van der Waals surface area contributed by atoms with Gasteiger partial charge in [0.15, 0.2) is 0 Å². The smallest absolute Gasteiger partial charge is 0.273 e. The fraction of sp³-hybridized carbons (Fsp3) is 0.583. The zero-order valence-corrected chi connectivity index (χ0v) is 12.4. The third kappa shape index (κ3) is 2.58. The van der Waals surface area contributed by atoms with Crippen LogP contribution >= 0.6 is 0 Å². The lowest BCUT2D eigenvalue weighted by atomic mass is 10.2. The molecule has 1 saturated heterocycles. The van der Waals surface area contributed by atoms with Crippen molar-refractivity contribution in [2.24, 2.45) is 5.73 Å². The normalized spacial score (nSPS) is 19.6. The monoisotopic (exact) mass is 301 g/mol. The van der Waals surface area contributed by atoms with Gasteiger partial charge in [-0.3, -0.25) is 4.79 Å². The zero-order valence-electron chi connectivity index (χ0n) is 11.5. The SMILES string of the molecule is CNS(=O)(=O)c1cc(C(=O)N2CCCC2CN)c(C)o1. The summed E-state index contributed by atoms with van der Waals surface area (Å²) in [6, 6.07) is 1.29. The topological polar surface area (TPSA) is 106 Å². The molecule has 0 aromatic carbocycles. The van der Waals surface area contributed by atoms with Crippen molar-refractivity contribution in [1.29, 1.82) is 0 Å². The Labute approximate surface area is 118 Å². The van der Waals surface area contributed by atoms with Crippen molar-refractivity contribution in [2.75, 3.05) is 20.1 Å². The second kappa shape index (κ2) is 5.55. The Bertz CT molecular complexity index is 608. The van der Waals surface area contributed by atoms with E-state index in [0.29, 0.717) is 18.8 Å². The Morgan fingerprint density at radius 1 is 1.60 bits per heavy atom. The van der Waals surface area contributed by atoms with Gasteiger partial charge >= 0.3 is 0 Å². The fourth-order valence-corrected chi connectivity index (χ4v) is 3.11. The standard InChI is InChI=1S/C12H19N3O4S/c1-8-10(6-11(19-8)20(17,18)14-2)12(16)15-5-3-4-9(15)7-13/h6,9,14H,3-5,7,13H2,1-2H3. The highest BCUT2D eigenvalue weighted by atomic mass is 32.2. The maximum absolute atomic E-state index is 12.5. The van der Waals surface area contributed by atoms with Crippen molar-refractivity contribution in [1.82, 2.24) is 9.62 Å². The summed E-state index contributed by atoms with van der Waals surface area (Å²) in [5, 5.41) is -0.246. The van der Waals surface area contributed by atoms with Gasteiger partial charge in [-0.15, -0.1) is 0 Å². The van der Waals surface area contributed by atoms with Crippen LogP contribution in [0, 0.1) is 6.92 Å². The summed E-state index contributed by atoms with van der Waals surface area (Å²) in [7, 11) is -2.40. The lowest BCUT2D eigenvalue weighted by Crippen LogP contribution is -2.40. The molecule has 2 rings (SSSR count). The molecule has 1 aromatic heterocycles. The molecular formula is C12H19N3O4S. The van der Waals surface area contributed by atoms with E-state index in [4.69, 9.17) is 10.2 Å². The van der Waals surface area contributed by atoms with Crippen molar-refractivity contribution in [3.63, 3.8) is 0 Å². The van der Waals surface area contributed by atoms with Crippen LogP contribution in [-0.4, -0.2) is 45.4 Å². The first-order valence-corrected chi connectivity index (χ1v) is 7.94. The van der Waals surface area contributed by atoms with Crippen LogP contribution in [0.4, 0.5) is 0 Å². The first-order chi connectivity index (χ1) is 9.40. The van der Waals surface area contributed by atoms with Gasteiger partial charge < -0.3 is 15.1 Å². The molecule has 0 spiro atoms. The highest BCUT2D eigenvalue weighted by molar-refractivity contribution is 7.89. The molecule has 1 aliphatic heterocycles. The minimum atomic E-state index is -3.69. The van der Waals surface area contributed by atoms with Gasteiger partial charge in [-0.25, -0.2) is 13.1 Å². The van der Waals surface area contributed by atoms with Crippen molar-refractivity contribution in [3.8, 4) is 0 Å². The van der Waals surface area contributed by atoms with Gasteiger partial charge in [0, 0.05) is 25.2 Å². The predicted molar refractivity (Wildman–Crippen MR) is 72.8 cm³/mol. The van der Waals surface area contributed by atoms with E-state index in [2.05, 4.69) is 4.72 Å². The Hall–Kier alpha value is -1.38. The second-order valence-electron chi connectivity index (χ2n) is 4.77. The van der Waals surface area contributed by atoms with Crippen LogP contribution in [0.15, 0.2) is 15.6 Å². The average Bonchev–Trinajstić information content (AvgIpc) is 3.04. The van der Waals surface area contributed by atoms with Gasteiger partial charge in [0.05, 0.1) is 5.56 Å². The number of nitrogens with one attached hydrogen (secondary N) is 1. The van der Waals surface area contributed by atoms with Gasteiger partial charge in [0.25, 0.3) is 15.9 Å². The van der Waals surface area contributed by atoms with Crippen LogP contribution in [0.5, 0.6) is 0 Å². The van der Waals surface area contributed by atoms with Crippen LogP contribution in [0.2, 0.25) is 0 Å². The highest BCUT2D eigenvalue weighted by Gasteiger charge is 2.31. The van der Waals surface area contributed by atoms with Crippen LogP contribution in [0.3, 0.4) is 0 Å². The molecule has 1 amide bonds. The molecular weight excluding hydrogens is 282 g/mol. The number of rotatable bonds is 4. The summed E-state index contributed by atoms with van der Waals surface area (Å²) in [5.74, 6) is 0.0725. The second-order valence-corrected chi connectivity index (χ2v) is 6.59. The number of aryl methyl sites for hydroxylation is 1. The molecule has 0 bridgehead atoms. The van der Waals surface area contributed by atoms with E-state index in [1.54, 1.807) is 11.8 Å². The van der Waals surface area contributed by atoms with Crippen molar-refractivity contribution in [3.05, 3.63) is 17.4 Å². The minimum absolute atomic E-state index is 0.0150. The number of hydrogen-bond donors (Lipinski definition) is 2. The lowest BCUT2D eigenvalue weighted by Gasteiger charge is -2.23. The van der Waals surface area contributed by atoms with E-state index >= 15 is 0 Å². The summed E-state index contributed by atoms with van der Waals surface area (Å²) in [6.45, 7) is 2.62. The first kappa shape index (κ1) is 15.0. The highest BCUT2D eigenvalue weighted by Crippen LogP contribution is 2.24. The Morgan fingerprint density at radius 2 is 2.30 bits per heavy atom. The summed E-state index contributed by atoms with van der Waals surface area (Å²) >= 11 is 0. The summed E-state index contributed by atoms with van der Waals surface area (Å²) in [5.41, 5.74) is 5.93. The van der Waals surface area contributed by atoms with Crippen molar-refractivity contribution >= 4 is 15.9 Å². The number of likely N-dealkylation sites (tertiary alicyclic amines) is 1. The Kier molecular flexibility index (Phi) is 4.17. The number of furan rings is 1.